The van der Waals surface area contributed by atoms with Crippen LogP contribution in [0.25, 0.3) is 0 Å². The van der Waals surface area contributed by atoms with E-state index in [2.05, 4.69) is 0 Å². The third-order valence-electron chi connectivity index (χ3n) is 3.90. The summed E-state index contributed by atoms with van der Waals surface area (Å²) < 4.78 is 10.7. The molecule has 2 unspecified atom stereocenters. The van der Waals surface area contributed by atoms with Gasteiger partial charge >= 0.3 is 0 Å². The standard InChI is InChI=1S/C18H19NO3S/c1-12-17(20)19(15-6-4-5-7-16(15)22-3)18(23-12)13-8-10-14(21-2)11-9-13/h4-12,18H,1-3H3. The number of hydrogen-bond donors (Lipinski definition) is 0. The fraction of sp³-hybridized carbons (Fsp3) is 0.278. The molecule has 1 saturated heterocycles. The first kappa shape index (κ1) is 15.7. The molecule has 4 nitrogen and oxygen atoms in total. The Labute approximate surface area is 140 Å². The van der Waals surface area contributed by atoms with Crippen LogP contribution in [-0.2, 0) is 4.79 Å². The fourth-order valence-corrected chi connectivity index (χ4v) is 3.96. The molecule has 1 aliphatic rings. The van der Waals surface area contributed by atoms with Crippen molar-refractivity contribution in [1.29, 1.82) is 0 Å². The van der Waals surface area contributed by atoms with E-state index in [0.717, 1.165) is 17.0 Å². The van der Waals surface area contributed by atoms with Gasteiger partial charge in [0.25, 0.3) is 0 Å². The highest BCUT2D eigenvalue weighted by Crippen LogP contribution is 2.47. The number of thioether (sulfide) groups is 1. The third-order valence-corrected chi connectivity index (χ3v) is 5.25. The normalized spacial score (nSPS) is 20.7. The molecule has 0 aromatic heterocycles. The van der Waals surface area contributed by atoms with Gasteiger partial charge in [-0.05, 0) is 36.8 Å². The zero-order chi connectivity index (χ0) is 16.4. The summed E-state index contributed by atoms with van der Waals surface area (Å²) in [6.45, 7) is 1.94. The average molecular weight is 329 g/mol. The Morgan fingerprint density at radius 1 is 1.00 bits per heavy atom. The Balaban J connectivity index is 2.02. The van der Waals surface area contributed by atoms with Crippen LogP contribution in [0.1, 0.15) is 17.9 Å². The summed E-state index contributed by atoms with van der Waals surface area (Å²) in [6, 6.07) is 15.5. The highest BCUT2D eigenvalue weighted by molar-refractivity contribution is 8.01. The summed E-state index contributed by atoms with van der Waals surface area (Å²) in [4.78, 5) is 14.5. The molecule has 3 rings (SSSR count). The molecular formula is C18H19NO3S. The van der Waals surface area contributed by atoms with Gasteiger partial charge in [-0.1, -0.05) is 24.3 Å². The molecule has 0 aliphatic carbocycles. The summed E-state index contributed by atoms with van der Waals surface area (Å²) in [5, 5.41) is -0.160. The van der Waals surface area contributed by atoms with Crippen LogP contribution in [0.5, 0.6) is 11.5 Å². The first-order valence-electron chi connectivity index (χ1n) is 7.41. The van der Waals surface area contributed by atoms with Crippen molar-refractivity contribution in [2.24, 2.45) is 0 Å². The van der Waals surface area contributed by atoms with Gasteiger partial charge in [0.1, 0.15) is 16.9 Å². The third kappa shape index (κ3) is 2.88. The number of hydrogen-bond acceptors (Lipinski definition) is 4. The summed E-state index contributed by atoms with van der Waals surface area (Å²) in [6.07, 6.45) is 0. The summed E-state index contributed by atoms with van der Waals surface area (Å²) in [5.41, 5.74) is 1.87. The maximum absolute atomic E-state index is 12.7. The van der Waals surface area contributed by atoms with E-state index in [9.17, 15) is 4.79 Å². The van der Waals surface area contributed by atoms with E-state index in [4.69, 9.17) is 9.47 Å². The van der Waals surface area contributed by atoms with Gasteiger partial charge in [0.2, 0.25) is 5.91 Å². The second-order valence-electron chi connectivity index (χ2n) is 5.28. The van der Waals surface area contributed by atoms with E-state index in [1.807, 2.05) is 60.4 Å². The fourth-order valence-electron chi connectivity index (χ4n) is 2.69. The topological polar surface area (TPSA) is 38.8 Å². The van der Waals surface area contributed by atoms with E-state index >= 15 is 0 Å². The number of nitrogens with zero attached hydrogens (tertiary/aromatic N) is 1. The molecule has 0 N–H and O–H groups in total. The lowest BCUT2D eigenvalue weighted by Gasteiger charge is -2.26. The van der Waals surface area contributed by atoms with Crippen molar-refractivity contribution in [3.8, 4) is 11.5 Å². The van der Waals surface area contributed by atoms with Gasteiger partial charge in [-0.25, -0.2) is 0 Å². The van der Waals surface area contributed by atoms with Crippen LogP contribution in [0.3, 0.4) is 0 Å². The number of ether oxygens (including phenoxy) is 2. The average Bonchev–Trinajstić information content (AvgIpc) is 2.90. The van der Waals surface area contributed by atoms with Crippen LogP contribution in [0, 0.1) is 0 Å². The molecule has 1 fully saturated rings. The number of amides is 1. The smallest absolute Gasteiger partial charge is 0.241 e. The van der Waals surface area contributed by atoms with Crippen molar-refractivity contribution in [2.75, 3.05) is 19.1 Å². The van der Waals surface area contributed by atoms with Crippen LogP contribution < -0.4 is 14.4 Å². The monoisotopic (exact) mass is 329 g/mol. The van der Waals surface area contributed by atoms with E-state index in [1.54, 1.807) is 26.0 Å². The van der Waals surface area contributed by atoms with Gasteiger partial charge in [0, 0.05) is 0 Å². The molecule has 120 valence electrons. The van der Waals surface area contributed by atoms with Crippen LogP contribution in [0.15, 0.2) is 48.5 Å². The summed E-state index contributed by atoms with van der Waals surface area (Å²) in [7, 11) is 3.27. The molecule has 0 radical (unpaired) electrons. The number of carbonyl (C=O) groups excluding carboxylic acids is 1. The van der Waals surface area contributed by atoms with Crippen LogP contribution in [0.2, 0.25) is 0 Å². The molecule has 2 aromatic rings. The SMILES string of the molecule is COc1ccc(C2SC(C)C(=O)N2c2ccccc2OC)cc1. The minimum Gasteiger partial charge on any atom is -0.497 e. The number of methoxy groups -OCH3 is 2. The Morgan fingerprint density at radius 3 is 2.35 bits per heavy atom. The number of benzene rings is 2. The minimum atomic E-state index is -0.0907. The molecule has 0 spiro atoms. The first-order valence-corrected chi connectivity index (χ1v) is 8.35. The largest absolute Gasteiger partial charge is 0.497 e. The van der Waals surface area contributed by atoms with E-state index in [-0.39, 0.29) is 16.5 Å². The molecule has 0 bridgehead atoms. The van der Waals surface area contributed by atoms with Crippen LogP contribution >= 0.6 is 11.8 Å². The van der Waals surface area contributed by atoms with Crippen molar-refractivity contribution < 1.29 is 14.3 Å². The van der Waals surface area contributed by atoms with Gasteiger partial charge in [0.15, 0.2) is 0 Å². The van der Waals surface area contributed by atoms with Crippen molar-refractivity contribution in [3.05, 3.63) is 54.1 Å². The molecular weight excluding hydrogens is 310 g/mol. The maximum Gasteiger partial charge on any atom is 0.241 e. The van der Waals surface area contributed by atoms with Crippen LogP contribution in [-0.4, -0.2) is 25.4 Å². The first-order chi connectivity index (χ1) is 11.2. The lowest BCUT2D eigenvalue weighted by atomic mass is 10.1. The molecule has 1 amide bonds. The van der Waals surface area contributed by atoms with Crippen LogP contribution in [0.4, 0.5) is 5.69 Å². The van der Waals surface area contributed by atoms with Crippen molar-refractivity contribution in [2.45, 2.75) is 17.5 Å². The lowest BCUT2D eigenvalue weighted by molar-refractivity contribution is -0.117. The van der Waals surface area contributed by atoms with Gasteiger partial charge in [0.05, 0.1) is 25.2 Å². The highest BCUT2D eigenvalue weighted by atomic mass is 32.2. The highest BCUT2D eigenvalue weighted by Gasteiger charge is 2.40. The minimum absolute atomic E-state index is 0.0697. The van der Waals surface area contributed by atoms with Gasteiger partial charge < -0.3 is 9.47 Å². The van der Waals surface area contributed by atoms with E-state index in [0.29, 0.717) is 5.75 Å². The number of rotatable bonds is 4. The quantitative estimate of drug-likeness (QED) is 0.853. The van der Waals surface area contributed by atoms with Gasteiger partial charge in [-0.2, -0.15) is 0 Å². The molecule has 23 heavy (non-hydrogen) atoms. The van der Waals surface area contributed by atoms with Gasteiger partial charge in [-0.3, -0.25) is 9.69 Å². The predicted octanol–water partition coefficient (Wildman–Crippen LogP) is 3.87. The molecule has 1 heterocycles. The zero-order valence-corrected chi connectivity index (χ0v) is 14.2. The van der Waals surface area contributed by atoms with E-state index in [1.165, 1.54) is 0 Å². The Morgan fingerprint density at radius 2 is 1.70 bits per heavy atom. The lowest BCUT2D eigenvalue weighted by Crippen LogP contribution is -2.30. The van der Waals surface area contributed by atoms with E-state index < -0.39 is 0 Å². The Kier molecular flexibility index (Phi) is 4.48. The number of para-hydroxylation sites is 2. The maximum atomic E-state index is 12.7. The second kappa shape index (κ2) is 6.54. The number of carbonyl (C=O) groups is 1. The van der Waals surface area contributed by atoms with Crippen molar-refractivity contribution in [3.63, 3.8) is 0 Å². The molecule has 2 aromatic carbocycles. The van der Waals surface area contributed by atoms with Gasteiger partial charge in [-0.15, -0.1) is 11.8 Å². The Hall–Kier alpha value is -2.14. The predicted molar refractivity (Wildman–Crippen MR) is 93.3 cm³/mol. The molecule has 2 atom stereocenters. The summed E-state index contributed by atoms with van der Waals surface area (Å²) >= 11 is 1.64. The second-order valence-corrected chi connectivity index (χ2v) is 6.71. The molecule has 0 saturated carbocycles. The zero-order valence-electron chi connectivity index (χ0n) is 13.4. The van der Waals surface area contributed by atoms with Crippen molar-refractivity contribution in [1.82, 2.24) is 0 Å². The van der Waals surface area contributed by atoms with Crippen molar-refractivity contribution >= 4 is 23.4 Å². The molecule has 5 heteroatoms. The summed E-state index contributed by atoms with van der Waals surface area (Å²) in [5.74, 6) is 1.61. The number of anilines is 1. The molecule has 1 aliphatic heterocycles. The Bertz CT molecular complexity index is 702.